The molecule has 0 aromatic rings. The number of hydroxylamine groups is 2. The van der Waals surface area contributed by atoms with E-state index >= 15 is 0 Å². The van der Waals surface area contributed by atoms with Gasteiger partial charge in [0.1, 0.15) is 13.5 Å². The summed E-state index contributed by atoms with van der Waals surface area (Å²) in [6.07, 6.45) is 2.02. The first-order valence-electron chi connectivity index (χ1n) is 6.27. The smallest absolute Gasteiger partial charge is 0.376 e. The van der Waals surface area contributed by atoms with E-state index in [0.29, 0.717) is 13.1 Å². The van der Waals surface area contributed by atoms with Crippen molar-refractivity contribution >= 4 is 12.2 Å². The zero-order valence-corrected chi connectivity index (χ0v) is 11.2. The topological polar surface area (TPSA) is 141 Å². The van der Waals surface area contributed by atoms with Crippen LogP contribution in [0.3, 0.4) is 0 Å². The number of rotatable bonds is 11. The Morgan fingerprint density at radius 1 is 0.750 bits per heavy atom. The van der Waals surface area contributed by atoms with Crippen molar-refractivity contribution in [2.45, 2.75) is 25.7 Å². The van der Waals surface area contributed by atoms with Crippen molar-refractivity contribution in [3.8, 4) is 0 Å². The highest BCUT2D eigenvalue weighted by atomic mass is 16.7. The lowest BCUT2D eigenvalue weighted by Crippen LogP contribution is -2.31. The van der Waals surface area contributed by atoms with Crippen LogP contribution in [0.4, 0.5) is 9.59 Å². The molecule has 0 fully saturated rings. The summed E-state index contributed by atoms with van der Waals surface area (Å²) < 4.78 is 0. The van der Waals surface area contributed by atoms with Crippen LogP contribution in [0.15, 0.2) is 0 Å². The fourth-order valence-electron chi connectivity index (χ4n) is 1.18. The first-order chi connectivity index (χ1) is 9.70. The van der Waals surface area contributed by atoms with Crippen LogP contribution >= 0.6 is 0 Å². The lowest BCUT2D eigenvalue weighted by molar-refractivity contribution is 0.0787. The zero-order valence-electron chi connectivity index (χ0n) is 11.2. The summed E-state index contributed by atoms with van der Waals surface area (Å²) in [7, 11) is 0. The van der Waals surface area contributed by atoms with Gasteiger partial charge in [0.15, 0.2) is 0 Å². The molecule has 10 nitrogen and oxygen atoms in total. The minimum Gasteiger partial charge on any atom is -0.376 e. The average molecular weight is 294 g/mol. The van der Waals surface area contributed by atoms with Gasteiger partial charge in [-0.3, -0.25) is 10.6 Å². The molecular weight excluding hydrogens is 272 g/mol. The minimum absolute atomic E-state index is 0.466. The molecule has 0 saturated carbocycles. The second kappa shape index (κ2) is 13.8. The van der Waals surface area contributed by atoms with Gasteiger partial charge in [-0.1, -0.05) is 12.8 Å². The Hall–Kier alpha value is -1.62. The molecule has 0 atom stereocenters. The maximum atomic E-state index is 10.7. The van der Waals surface area contributed by atoms with Crippen LogP contribution in [0.25, 0.3) is 0 Å². The molecule has 6 N–H and O–H groups in total. The second-order valence-electron chi connectivity index (χ2n) is 3.65. The summed E-state index contributed by atoms with van der Waals surface area (Å²) in [6, 6.07) is 0. The monoisotopic (exact) mass is 294 g/mol. The van der Waals surface area contributed by atoms with Gasteiger partial charge in [-0.25, -0.2) is 9.59 Å². The van der Waals surface area contributed by atoms with Crippen molar-refractivity contribution < 1.29 is 29.5 Å². The maximum Gasteiger partial charge on any atom is 0.427 e. The van der Waals surface area contributed by atoms with Gasteiger partial charge in [0.05, 0.1) is 0 Å². The third-order valence-corrected chi connectivity index (χ3v) is 2.08. The van der Waals surface area contributed by atoms with E-state index in [-0.39, 0.29) is 0 Å². The Bertz CT molecular complexity index is 240. The summed E-state index contributed by atoms with van der Waals surface area (Å²) in [4.78, 5) is 30.5. The SMILES string of the molecule is O=C(NCO)ONCCCCCCNOC(=O)NCO. The lowest BCUT2D eigenvalue weighted by atomic mass is 10.2. The van der Waals surface area contributed by atoms with Crippen LogP contribution in [0.2, 0.25) is 0 Å². The van der Waals surface area contributed by atoms with Crippen molar-refractivity contribution in [2.75, 3.05) is 26.6 Å². The number of carbonyl (C=O) groups excluding carboxylic acids is 2. The van der Waals surface area contributed by atoms with Crippen LogP contribution < -0.4 is 21.6 Å². The third kappa shape index (κ3) is 12.8. The average Bonchev–Trinajstić information content (AvgIpc) is 2.41. The first-order valence-corrected chi connectivity index (χ1v) is 6.27. The van der Waals surface area contributed by atoms with Gasteiger partial charge in [0, 0.05) is 13.1 Å². The number of amides is 2. The van der Waals surface area contributed by atoms with E-state index in [1.54, 1.807) is 0 Å². The van der Waals surface area contributed by atoms with Gasteiger partial charge < -0.3 is 19.9 Å². The van der Waals surface area contributed by atoms with E-state index in [9.17, 15) is 9.59 Å². The molecule has 0 aromatic carbocycles. The predicted molar refractivity (Wildman–Crippen MR) is 67.9 cm³/mol. The van der Waals surface area contributed by atoms with Gasteiger partial charge in [-0.2, -0.15) is 11.0 Å². The number of hydrogen-bond acceptors (Lipinski definition) is 8. The largest absolute Gasteiger partial charge is 0.427 e. The molecule has 10 heteroatoms. The van der Waals surface area contributed by atoms with Crippen LogP contribution in [-0.2, 0) is 9.68 Å². The molecule has 0 rings (SSSR count). The van der Waals surface area contributed by atoms with Crippen LogP contribution in [-0.4, -0.2) is 49.0 Å². The molecule has 0 aromatic heterocycles. The molecule has 0 unspecified atom stereocenters. The maximum absolute atomic E-state index is 10.7. The fraction of sp³-hybridized carbons (Fsp3) is 0.800. The number of aliphatic hydroxyl groups excluding tert-OH is 2. The number of unbranched alkanes of at least 4 members (excludes halogenated alkanes) is 3. The molecule has 0 heterocycles. The van der Waals surface area contributed by atoms with Gasteiger partial charge in [0.2, 0.25) is 0 Å². The summed E-state index contributed by atoms with van der Waals surface area (Å²) in [5.74, 6) is 0. The molecule has 0 spiro atoms. The number of carbonyl (C=O) groups is 2. The van der Waals surface area contributed by atoms with Gasteiger partial charge in [0.25, 0.3) is 0 Å². The number of aliphatic hydroxyl groups is 2. The second-order valence-corrected chi connectivity index (χ2v) is 3.65. The third-order valence-electron chi connectivity index (χ3n) is 2.08. The Labute approximate surface area is 116 Å². The van der Waals surface area contributed by atoms with E-state index in [1.807, 2.05) is 0 Å². The van der Waals surface area contributed by atoms with Crippen molar-refractivity contribution in [3.05, 3.63) is 0 Å². The number of nitrogens with one attached hydrogen (secondary N) is 4. The van der Waals surface area contributed by atoms with Crippen molar-refractivity contribution in [1.82, 2.24) is 21.6 Å². The molecular formula is C10H22N4O6. The highest BCUT2D eigenvalue weighted by Crippen LogP contribution is 1.97. The molecule has 0 saturated heterocycles. The van der Waals surface area contributed by atoms with Gasteiger partial charge in [-0.05, 0) is 12.8 Å². The van der Waals surface area contributed by atoms with E-state index in [2.05, 4.69) is 31.3 Å². The van der Waals surface area contributed by atoms with Crippen LogP contribution in [0, 0.1) is 0 Å². The summed E-state index contributed by atoms with van der Waals surface area (Å²) >= 11 is 0. The minimum atomic E-state index is -0.727. The van der Waals surface area contributed by atoms with Gasteiger partial charge >= 0.3 is 12.2 Å². The Balaban J connectivity index is 3.13. The molecule has 0 bridgehead atoms. The van der Waals surface area contributed by atoms with E-state index < -0.39 is 25.6 Å². The number of hydrogen-bond donors (Lipinski definition) is 6. The molecule has 0 aliphatic heterocycles. The van der Waals surface area contributed by atoms with Gasteiger partial charge in [-0.15, -0.1) is 0 Å². The highest BCUT2D eigenvalue weighted by Gasteiger charge is 1.99. The normalized spacial score (nSPS) is 9.90. The summed E-state index contributed by atoms with van der Waals surface area (Å²) in [5.41, 5.74) is 4.92. The first kappa shape index (κ1) is 18.4. The Morgan fingerprint density at radius 2 is 1.15 bits per heavy atom. The fourth-order valence-corrected chi connectivity index (χ4v) is 1.18. The summed E-state index contributed by atoms with van der Waals surface area (Å²) in [5, 5.41) is 20.8. The van der Waals surface area contributed by atoms with Crippen molar-refractivity contribution in [1.29, 1.82) is 0 Å². The summed E-state index contributed by atoms with van der Waals surface area (Å²) in [6.45, 7) is 0.0984. The zero-order chi connectivity index (χ0) is 15.1. The molecule has 0 aliphatic carbocycles. The van der Waals surface area contributed by atoms with Crippen LogP contribution in [0.5, 0.6) is 0 Å². The van der Waals surface area contributed by atoms with Crippen LogP contribution in [0.1, 0.15) is 25.7 Å². The standard InChI is InChI=1S/C10H22N4O6/c15-7-11-9(17)19-13-5-3-1-2-4-6-14-20-10(18)12-8-16/h13-16H,1-8H2,(H,11,17)(H,12,18). The molecule has 0 aliphatic rings. The molecule has 0 radical (unpaired) electrons. The quantitative estimate of drug-likeness (QED) is 0.160. The Morgan fingerprint density at radius 3 is 1.50 bits per heavy atom. The van der Waals surface area contributed by atoms with Crippen molar-refractivity contribution in [3.63, 3.8) is 0 Å². The van der Waals surface area contributed by atoms with Crippen molar-refractivity contribution in [2.24, 2.45) is 0 Å². The van der Waals surface area contributed by atoms with E-state index in [0.717, 1.165) is 25.7 Å². The molecule has 2 amide bonds. The lowest BCUT2D eigenvalue weighted by Gasteiger charge is -2.06. The van der Waals surface area contributed by atoms with E-state index in [1.165, 1.54) is 0 Å². The highest BCUT2D eigenvalue weighted by molar-refractivity contribution is 5.66. The molecule has 20 heavy (non-hydrogen) atoms. The van der Waals surface area contributed by atoms with E-state index in [4.69, 9.17) is 10.2 Å². The Kier molecular flexibility index (Phi) is 12.7. The predicted octanol–water partition coefficient (Wildman–Crippen LogP) is -1.09. The molecule has 118 valence electrons.